The molecule has 4 heteroatoms. The summed E-state index contributed by atoms with van der Waals surface area (Å²) < 4.78 is 0. The molecule has 4 aliphatic carbocycles. The first-order valence-corrected chi connectivity index (χ1v) is 12.0. The predicted molar refractivity (Wildman–Crippen MR) is 114 cm³/mol. The third-order valence-electron chi connectivity index (χ3n) is 9.81. The van der Waals surface area contributed by atoms with Gasteiger partial charge in [-0.1, -0.05) is 19.0 Å². The highest BCUT2D eigenvalue weighted by Gasteiger charge is 2.59. The van der Waals surface area contributed by atoms with Crippen molar-refractivity contribution in [2.24, 2.45) is 51.3 Å². The summed E-state index contributed by atoms with van der Waals surface area (Å²) >= 11 is 0. The molecule has 8 atom stereocenters. The van der Waals surface area contributed by atoms with Crippen LogP contribution in [0.4, 0.5) is 0 Å². The number of oxime groups is 1. The van der Waals surface area contributed by atoms with Gasteiger partial charge in [0, 0.05) is 6.21 Å². The topological polar surface area (TPSA) is 67.8 Å². The largest absolute Gasteiger partial charge is 0.396 e. The average Bonchev–Trinajstić information content (AvgIpc) is 3.01. The summed E-state index contributed by atoms with van der Waals surface area (Å²) in [5.41, 5.74) is 6.47. The molecule has 0 saturated heterocycles. The van der Waals surface area contributed by atoms with E-state index in [0.29, 0.717) is 24.0 Å². The number of rotatable bonds is 6. The van der Waals surface area contributed by atoms with Crippen molar-refractivity contribution in [1.29, 1.82) is 0 Å². The van der Waals surface area contributed by atoms with Crippen molar-refractivity contribution in [1.82, 2.24) is 0 Å². The van der Waals surface area contributed by atoms with Gasteiger partial charge in [0.15, 0.2) is 0 Å². The predicted octanol–water partition coefficient (Wildman–Crippen LogP) is 4.75. The van der Waals surface area contributed by atoms with Gasteiger partial charge in [0.1, 0.15) is 6.61 Å². The van der Waals surface area contributed by atoms with Gasteiger partial charge < -0.3 is 15.7 Å². The molecule has 4 fully saturated rings. The van der Waals surface area contributed by atoms with Gasteiger partial charge in [-0.15, -0.1) is 0 Å². The molecule has 0 aromatic heterocycles. The molecule has 0 aliphatic heterocycles. The van der Waals surface area contributed by atoms with Crippen LogP contribution in [0, 0.1) is 40.4 Å². The molecule has 4 rings (SSSR count). The molecule has 3 N–H and O–H groups in total. The standard InChI is InChI=1S/C24H42N2O2/c1-23-12-9-22-20(6-4-18-16-19(27)8-11-24(18,22)2)21(23)7-5-17(23)10-14-26-28-15-3-13-25/h14,17-22,27H,3-13,15-16,25H2,1-2H3/t17?,18?,19?,20-,21-,22+,23+,24-/m0/s1. The third kappa shape index (κ3) is 3.53. The Morgan fingerprint density at radius 1 is 1.04 bits per heavy atom. The normalized spacial score (nSPS) is 48.1. The van der Waals surface area contributed by atoms with E-state index in [4.69, 9.17) is 10.6 Å². The highest BCUT2D eigenvalue weighted by atomic mass is 16.6. The maximum atomic E-state index is 10.2. The van der Waals surface area contributed by atoms with Crippen molar-refractivity contribution < 1.29 is 9.94 Å². The van der Waals surface area contributed by atoms with Crippen molar-refractivity contribution in [3.8, 4) is 0 Å². The Morgan fingerprint density at radius 3 is 2.64 bits per heavy atom. The first-order chi connectivity index (χ1) is 13.5. The van der Waals surface area contributed by atoms with Crippen LogP contribution in [0.3, 0.4) is 0 Å². The zero-order valence-corrected chi connectivity index (χ0v) is 18.1. The van der Waals surface area contributed by atoms with Crippen LogP contribution in [0.2, 0.25) is 0 Å². The summed E-state index contributed by atoms with van der Waals surface area (Å²) in [6.07, 6.45) is 15.6. The minimum absolute atomic E-state index is 0.0364. The Hall–Kier alpha value is -0.610. The van der Waals surface area contributed by atoms with E-state index in [1.165, 1.54) is 44.9 Å². The fraction of sp³-hybridized carbons (Fsp3) is 0.958. The number of hydrogen-bond acceptors (Lipinski definition) is 4. The number of nitrogens with zero attached hydrogens (tertiary/aromatic N) is 1. The number of fused-ring (bicyclic) bond motifs is 5. The lowest BCUT2D eigenvalue weighted by Crippen LogP contribution is -2.53. The van der Waals surface area contributed by atoms with Crippen LogP contribution in [-0.4, -0.2) is 30.6 Å². The second-order valence-corrected chi connectivity index (χ2v) is 10.9. The smallest absolute Gasteiger partial charge is 0.118 e. The van der Waals surface area contributed by atoms with Crippen LogP contribution >= 0.6 is 0 Å². The van der Waals surface area contributed by atoms with E-state index < -0.39 is 0 Å². The minimum atomic E-state index is -0.0364. The van der Waals surface area contributed by atoms with Crippen molar-refractivity contribution in [2.75, 3.05) is 13.2 Å². The maximum Gasteiger partial charge on any atom is 0.118 e. The Balaban J connectivity index is 1.41. The molecule has 4 aliphatic rings. The number of hydrogen-bond donors (Lipinski definition) is 2. The van der Waals surface area contributed by atoms with E-state index in [2.05, 4.69) is 19.0 Å². The first kappa shape index (κ1) is 20.7. The van der Waals surface area contributed by atoms with Gasteiger partial charge in [0.25, 0.3) is 0 Å². The molecule has 28 heavy (non-hydrogen) atoms. The van der Waals surface area contributed by atoms with Gasteiger partial charge in [0.05, 0.1) is 6.10 Å². The molecule has 0 amide bonds. The van der Waals surface area contributed by atoms with Crippen LogP contribution < -0.4 is 5.73 Å². The second kappa shape index (κ2) is 8.26. The number of nitrogens with two attached hydrogens (primary N) is 1. The Labute approximate surface area is 171 Å². The monoisotopic (exact) mass is 390 g/mol. The first-order valence-electron chi connectivity index (χ1n) is 12.0. The molecule has 4 saturated carbocycles. The molecule has 0 heterocycles. The fourth-order valence-corrected chi connectivity index (χ4v) is 8.16. The summed E-state index contributed by atoms with van der Waals surface area (Å²) in [5, 5.41) is 14.4. The molecule has 0 bridgehead atoms. The summed E-state index contributed by atoms with van der Waals surface area (Å²) in [5.74, 6) is 4.23. The second-order valence-electron chi connectivity index (χ2n) is 10.9. The van der Waals surface area contributed by atoms with Crippen LogP contribution in [0.5, 0.6) is 0 Å². The zero-order chi connectivity index (χ0) is 19.8. The molecule has 3 unspecified atom stereocenters. The maximum absolute atomic E-state index is 10.2. The lowest BCUT2D eigenvalue weighted by molar-refractivity contribution is -0.126. The summed E-state index contributed by atoms with van der Waals surface area (Å²) in [7, 11) is 0. The van der Waals surface area contributed by atoms with Crippen LogP contribution in [0.25, 0.3) is 0 Å². The van der Waals surface area contributed by atoms with Gasteiger partial charge in [-0.2, -0.15) is 0 Å². The molecule has 0 radical (unpaired) electrons. The lowest BCUT2D eigenvalue weighted by Gasteiger charge is -2.61. The Morgan fingerprint density at radius 2 is 1.82 bits per heavy atom. The van der Waals surface area contributed by atoms with Crippen molar-refractivity contribution in [2.45, 2.75) is 90.6 Å². The van der Waals surface area contributed by atoms with E-state index >= 15 is 0 Å². The van der Waals surface area contributed by atoms with Gasteiger partial charge >= 0.3 is 0 Å². The molecule has 0 aromatic rings. The van der Waals surface area contributed by atoms with Gasteiger partial charge in [0.2, 0.25) is 0 Å². The highest BCUT2D eigenvalue weighted by Crippen LogP contribution is 2.67. The van der Waals surface area contributed by atoms with Crippen LogP contribution in [0.1, 0.15) is 84.5 Å². The van der Waals surface area contributed by atoms with Gasteiger partial charge in [-0.3, -0.25) is 0 Å². The molecule has 0 aromatic carbocycles. The Kier molecular flexibility index (Phi) is 6.09. The van der Waals surface area contributed by atoms with Crippen LogP contribution in [0.15, 0.2) is 5.16 Å². The number of aliphatic hydroxyl groups is 1. The quantitative estimate of drug-likeness (QED) is 0.391. The molecular weight excluding hydrogens is 348 g/mol. The third-order valence-corrected chi connectivity index (χ3v) is 9.81. The molecule has 4 nitrogen and oxygen atoms in total. The SMILES string of the molecule is C[C@]12CCC(O)CC1CC[C@@H]1[C@H]2CC[C@]2(C)C(CC=NOCCCN)CC[C@@H]12. The summed E-state index contributed by atoms with van der Waals surface area (Å²) in [6.45, 7) is 6.48. The van der Waals surface area contributed by atoms with Crippen molar-refractivity contribution >= 4 is 6.21 Å². The molecule has 0 spiro atoms. The van der Waals surface area contributed by atoms with Crippen LogP contribution in [-0.2, 0) is 4.84 Å². The molecule has 160 valence electrons. The summed E-state index contributed by atoms with van der Waals surface area (Å²) in [6, 6.07) is 0. The molecular formula is C24H42N2O2. The Bertz CT molecular complexity index is 567. The fourth-order valence-electron chi connectivity index (χ4n) is 8.16. The van der Waals surface area contributed by atoms with Crippen molar-refractivity contribution in [3.05, 3.63) is 0 Å². The van der Waals surface area contributed by atoms with E-state index in [0.717, 1.165) is 55.3 Å². The lowest BCUT2D eigenvalue weighted by atomic mass is 9.44. The van der Waals surface area contributed by atoms with E-state index in [-0.39, 0.29) is 6.10 Å². The summed E-state index contributed by atoms with van der Waals surface area (Å²) in [4.78, 5) is 5.34. The van der Waals surface area contributed by atoms with E-state index in [1.807, 2.05) is 6.21 Å². The zero-order valence-electron chi connectivity index (χ0n) is 18.1. The minimum Gasteiger partial charge on any atom is -0.396 e. The van der Waals surface area contributed by atoms with E-state index in [1.54, 1.807) is 0 Å². The van der Waals surface area contributed by atoms with Crippen molar-refractivity contribution in [3.63, 3.8) is 0 Å². The number of aliphatic hydroxyl groups excluding tert-OH is 1. The highest BCUT2D eigenvalue weighted by molar-refractivity contribution is 5.57. The van der Waals surface area contributed by atoms with Gasteiger partial charge in [-0.25, -0.2) is 0 Å². The average molecular weight is 391 g/mol. The van der Waals surface area contributed by atoms with Gasteiger partial charge in [-0.05, 0) is 118 Å². The van der Waals surface area contributed by atoms with E-state index in [9.17, 15) is 5.11 Å².